The first-order valence-electron chi connectivity index (χ1n) is 9.85. The van der Waals surface area contributed by atoms with E-state index in [0.717, 1.165) is 10.9 Å². The van der Waals surface area contributed by atoms with Crippen molar-refractivity contribution in [1.82, 2.24) is 9.78 Å². The van der Waals surface area contributed by atoms with Gasteiger partial charge >= 0.3 is 0 Å². The van der Waals surface area contributed by atoms with Gasteiger partial charge in [0.15, 0.2) is 27.0 Å². The van der Waals surface area contributed by atoms with Crippen LogP contribution in [0.1, 0.15) is 20.8 Å². The smallest absolute Gasteiger partial charge is 0.278 e. The fourth-order valence-electron chi connectivity index (χ4n) is 3.52. The van der Waals surface area contributed by atoms with Crippen LogP contribution in [0.2, 0.25) is 0 Å². The molecule has 0 fully saturated rings. The molecular weight excluding hydrogens is 446 g/mol. The van der Waals surface area contributed by atoms with Crippen molar-refractivity contribution in [2.75, 3.05) is 18.4 Å². The number of para-hydroxylation sites is 1. The number of anilines is 1. The third kappa shape index (κ3) is 3.80. The SMILES string of the molecule is CS(=O)(=O)c1ccc(C(=O)n2nc(C(=O)Nc3ccc4c(c3)OCO4)c3ccccc32)cc1. The minimum Gasteiger partial charge on any atom is -0.454 e. The van der Waals surface area contributed by atoms with Crippen LogP contribution < -0.4 is 14.8 Å². The molecule has 2 heterocycles. The number of aromatic nitrogens is 2. The third-order valence-electron chi connectivity index (χ3n) is 5.15. The van der Waals surface area contributed by atoms with Gasteiger partial charge in [0.25, 0.3) is 11.8 Å². The van der Waals surface area contributed by atoms with Crippen molar-refractivity contribution in [3.8, 4) is 11.5 Å². The van der Waals surface area contributed by atoms with Crippen LogP contribution in [0.4, 0.5) is 5.69 Å². The van der Waals surface area contributed by atoms with E-state index in [-0.39, 0.29) is 22.9 Å². The molecule has 33 heavy (non-hydrogen) atoms. The van der Waals surface area contributed by atoms with Crippen LogP contribution in [-0.4, -0.2) is 43.1 Å². The molecule has 0 saturated carbocycles. The number of fused-ring (bicyclic) bond motifs is 2. The van der Waals surface area contributed by atoms with Gasteiger partial charge in [0.1, 0.15) is 0 Å². The summed E-state index contributed by atoms with van der Waals surface area (Å²) in [6, 6.07) is 17.4. The zero-order valence-electron chi connectivity index (χ0n) is 17.3. The Balaban J connectivity index is 1.49. The first-order valence-corrected chi connectivity index (χ1v) is 11.7. The molecule has 9 nitrogen and oxygen atoms in total. The molecule has 0 atom stereocenters. The van der Waals surface area contributed by atoms with E-state index in [9.17, 15) is 18.0 Å². The predicted octanol–water partition coefficient (Wildman–Crippen LogP) is 3.11. The molecule has 1 N–H and O–H groups in total. The second kappa shape index (κ2) is 7.75. The number of nitrogens with one attached hydrogen (secondary N) is 1. The van der Waals surface area contributed by atoms with Gasteiger partial charge in [0.05, 0.1) is 10.4 Å². The number of ether oxygens (including phenoxy) is 2. The van der Waals surface area contributed by atoms with Gasteiger partial charge in [-0.05, 0) is 42.5 Å². The lowest BCUT2D eigenvalue weighted by Gasteiger charge is -2.05. The fraction of sp³-hybridized carbons (Fsp3) is 0.0870. The minimum atomic E-state index is -3.39. The third-order valence-corrected chi connectivity index (χ3v) is 6.28. The van der Waals surface area contributed by atoms with Crippen molar-refractivity contribution in [2.24, 2.45) is 0 Å². The molecule has 1 amide bonds. The zero-order valence-corrected chi connectivity index (χ0v) is 18.1. The molecule has 0 bridgehead atoms. The highest BCUT2D eigenvalue weighted by Crippen LogP contribution is 2.34. The molecule has 3 aromatic carbocycles. The predicted molar refractivity (Wildman–Crippen MR) is 120 cm³/mol. The highest BCUT2D eigenvalue weighted by Gasteiger charge is 2.22. The highest BCUT2D eigenvalue weighted by atomic mass is 32.2. The first-order chi connectivity index (χ1) is 15.8. The van der Waals surface area contributed by atoms with Gasteiger partial charge in [0, 0.05) is 29.0 Å². The highest BCUT2D eigenvalue weighted by molar-refractivity contribution is 7.90. The minimum absolute atomic E-state index is 0.0735. The molecule has 10 heteroatoms. The standard InChI is InChI=1S/C23H17N3O6S/c1-33(29,30)16-9-6-14(7-10-16)23(28)26-18-5-3-2-4-17(18)21(25-26)22(27)24-15-8-11-19-20(12-15)32-13-31-19/h2-12H,13H2,1H3,(H,24,27). The Labute approximate surface area is 188 Å². The molecule has 166 valence electrons. The Kier molecular flexibility index (Phi) is 4.86. The first kappa shape index (κ1) is 20.7. The fourth-order valence-corrected chi connectivity index (χ4v) is 4.15. The maximum atomic E-state index is 13.1. The maximum absolute atomic E-state index is 13.1. The Morgan fingerprint density at radius 2 is 1.70 bits per heavy atom. The van der Waals surface area contributed by atoms with Crippen molar-refractivity contribution < 1.29 is 27.5 Å². The van der Waals surface area contributed by atoms with Crippen molar-refractivity contribution in [3.05, 3.63) is 78.0 Å². The number of hydrogen-bond acceptors (Lipinski definition) is 7. The second-order valence-corrected chi connectivity index (χ2v) is 9.42. The number of carbonyl (C=O) groups excluding carboxylic acids is 2. The summed E-state index contributed by atoms with van der Waals surface area (Å²) in [6.07, 6.45) is 1.09. The van der Waals surface area contributed by atoms with Gasteiger partial charge < -0.3 is 14.8 Å². The van der Waals surface area contributed by atoms with E-state index < -0.39 is 21.7 Å². The van der Waals surface area contributed by atoms with E-state index in [0.29, 0.717) is 28.1 Å². The molecule has 1 aliphatic rings. The number of hydrogen-bond donors (Lipinski definition) is 1. The molecule has 0 spiro atoms. The summed E-state index contributed by atoms with van der Waals surface area (Å²) < 4.78 is 35.1. The molecule has 5 rings (SSSR count). The Bertz CT molecular complexity index is 1520. The topological polar surface area (TPSA) is 117 Å². The van der Waals surface area contributed by atoms with Crippen LogP contribution in [0.15, 0.2) is 71.6 Å². The second-order valence-electron chi connectivity index (χ2n) is 7.40. The Morgan fingerprint density at radius 3 is 2.45 bits per heavy atom. The average molecular weight is 463 g/mol. The summed E-state index contributed by atoms with van der Waals surface area (Å²) >= 11 is 0. The zero-order chi connectivity index (χ0) is 23.2. The quantitative estimate of drug-likeness (QED) is 0.494. The van der Waals surface area contributed by atoms with Crippen LogP contribution in [0.25, 0.3) is 10.9 Å². The van der Waals surface area contributed by atoms with Gasteiger partial charge in [-0.1, -0.05) is 18.2 Å². The monoisotopic (exact) mass is 463 g/mol. The van der Waals surface area contributed by atoms with E-state index in [2.05, 4.69) is 10.4 Å². The van der Waals surface area contributed by atoms with Gasteiger partial charge in [-0.25, -0.2) is 8.42 Å². The van der Waals surface area contributed by atoms with Crippen molar-refractivity contribution in [3.63, 3.8) is 0 Å². The average Bonchev–Trinajstić information content (AvgIpc) is 3.42. The van der Waals surface area contributed by atoms with Crippen LogP contribution in [-0.2, 0) is 9.84 Å². The Morgan fingerprint density at radius 1 is 0.970 bits per heavy atom. The van der Waals surface area contributed by atoms with Gasteiger partial charge in [-0.2, -0.15) is 9.78 Å². The summed E-state index contributed by atoms with van der Waals surface area (Å²) in [5.74, 6) is 0.128. The number of rotatable bonds is 4. The van der Waals surface area contributed by atoms with Crippen molar-refractivity contribution in [2.45, 2.75) is 4.90 Å². The Hall–Kier alpha value is -4.18. The van der Waals surface area contributed by atoms with E-state index in [1.54, 1.807) is 42.5 Å². The summed E-state index contributed by atoms with van der Waals surface area (Å²) in [5, 5.41) is 7.55. The maximum Gasteiger partial charge on any atom is 0.278 e. The number of sulfone groups is 1. The van der Waals surface area contributed by atoms with Gasteiger partial charge in [-0.3, -0.25) is 9.59 Å². The van der Waals surface area contributed by atoms with E-state index >= 15 is 0 Å². The van der Waals surface area contributed by atoms with Crippen molar-refractivity contribution >= 4 is 38.2 Å². The van der Waals surface area contributed by atoms with Gasteiger partial charge in [0.2, 0.25) is 6.79 Å². The molecule has 0 unspecified atom stereocenters. The molecule has 0 radical (unpaired) electrons. The molecule has 0 saturated heterocycles. The summed E-state index contributed by atoms with van der Waals surface area (Å²) in [6.45, 7) is 0.120. The summed E-state index contributed by atoms with van der Waals surface area (Å²) in [4.78, 5) is 26.3. The van der Waals surface area contributed by atoms with Crippen LogP contribution in [0.3, 0.4) is 0 Å². The number of benzene rings is 3. The molecule has 4 aromatic rings. The lowest BCUT2D eigenvalue weighted by atomic mass is 10.2. The van der Waals surface area contributed by atoms with Gasteiger partial charge in [-0.15, -0.1) is 0 Å². The van der Waals surface area contributed by atoms with Crippen molar-refractivity contribution in [1.29, 1.82) is 0 Å². The van der Waals surface area contributed by atoms with E-state index in [1.165, 1.54) is 24.3 Å². The van der Waals surface area contributed by atoms with E-state index in [4.69, 9.17) is 9.47 Å². The number of amides is 1. The molecule has 1 aliphatic heterocycles. The molecule has 0 aliphatic carbocycles. The summed E-state index contributed by atoms with van der Waals surface area (Å²) in [7, 11) is -3.39. The number of carbonyl (C=O) groups is 2. The van der Waals surface area contributed by atoms with Crippen LogP contribution >= 0.6 is 0 Å². The molecule has 1 aromatic heterocycles. The van der Waals surface area contributed by atoms with Crippen LogP contribution in [0, 0.1) is 0 Å². The largest absolute Gasteiger partial charge is 0.454 e. The van der Waals surface area contributed by atoms with Crippen LogP contribution in [0.5, 0.6) is 11.5 Å². The normalized spacial score (nSPS) is 12.6. The molecular formula is C23H17N3O6S. The lowest BCUT2D eigenvalue weighted by Crippen LogP contribution is -2.17. The summed E-state index contributed by atoms with van der Waals surface area (Å²) in [5.41, 5.74) is 1.25. The number of nitrogens with zero attached hydrogens (tertiary/aromatic N) is 2. The van der Waals surface area contributed by atoms with E-state index in [1.807, 2.05) is 0 Å². The lowest BCUT2D eigenvalue weighted by molar-refractivity contribution is 0.0949.